The molecule has 0 aliphatic carbocycles. The molecule has 16 heavy (non-hydrogen) atoms. The van der Waals surface area contributed by atoms with Crippen molar-refractivity contribution in [3.63, 3.8) is 0 Å². The number of nitrogens with zero attached hydrogens (tertiary/aromatic N) is 1. The lowest BCUT2D eigenvalue weighted by molar-refractivity contribution is 0.112. The van der Waals surface area contributed by atoms with Crippen LogP contribution in [0.5, 0.6) is 0 Å². The van der Waals surface area contributed by atoms with Crippen LogP contribution >= 0.6 is 34.7 Å². The summed E-state index contributed by atoms with van der Waals surface area (Å²) in [6, 6.07) is 5.26. The standard InChI is InChI=1S/C11H8ClNOS2/c1-7-6-15-11(13-7)16-10-3-2-8(5-14)4-9(10)12/h2-6H,1H3. The number of carbonyl (C=O) groups excluding carboxylic acids is 1. The average Bonchev–Trinajstić information content (AvgIpc) is 2.67. The molecule has 0 saturated heterocycles. The molecule has 0 fully saturated rings. The van der Waals surface area contributed by atoms with Crippen LogP contribution in [-0.2, 0) is 0 Å². The third-order valence-electron chi connectivity index (χ3n) is 1.89. The second-order valence-corrected chi connectivity index (χ2v) is 5.72. The van der Waals surface area contributed by atoms with Gasteiger partial charge in [0.25, 0.3) is 0 Å². The second kappa shape index (κ2) is 4.99. The molecule has 2 nitrogen and oxygen atoms in total. The minimum atomic E-state index is 0.586. The van der Waals surface area contributed by atoms with E-state index >= 15 is 0 Å². The highest BCUT2D eigenvalue weighted by molar-refractivity contribution is 8.01. The van der Waals surface area contributed by atoms with Gasteiger partial charge in [0.15, 0.2) is 4.34 Å². The molecule has 2 rings (SSSR count). The van der Waals surface area contributed by atoms with Crippen LogP contribution in [0.3, 0.4) is 0 Å². The number of halogens is 1. The first-order chi connectivity index (χ1) is 7.69. The van der Waals surface area contributed by atoms with Crippen molar-refractivity contribution in [3.8, 4) is 0 Å². The van der Waals surface area contributed by atoms with Gasteiger partial charge in [-0.1, -0.05) is 29.4 Å². The predicted octanol–water partition coefficient (Wildman–Crippen LogP) is 4.07. The first-order valence-electron chi connectivity index (χ1n) is 4.54. The average molecular weight is 270 g/mol. The Morgan fingerprint density at radius 2 is 2.31 bits per heavy atom. The van der Waals surface area contributed by atoms with E-state index in [-0.39, 0.29) is 0 Å². The molecule has 0 N–H and O–H groups in total. The van der Waals surface area contributed by atoms with Crippen molar-refractivity contribution in [2.45, 2.75) is 16.2 Å². The van der Waals surface area contributed by atoms with Crippen molar-refractivity contribution in [2.24, 2.45) is 0 Å². The molecule has 0 aliphatic heterocycles. The van der Waals surface area contributed by atoms with Gasteiger partial charge in [0.05, 0.1) is 5.02 Å². The second-order valence-electron chi connectivity index (χ2n) is 3.16. The van der Waals surface area contributed by atoms with Gasteiger partial charge in [0.1, 0.15) is 6.29 Å². The summed E-state index contributed by atoms with van der Waals surface area (Å²) in [5.41, 5.74) is 1.60. The third-order valence-corrected chi connectivity index (χ3v) is 4.44. The minimum absolute atomic E-state index is 0.586. The van der Waals surface area contributed by atoms with Crippen molar-refractivity contribution >= 4 is 41.0 Å². The molecule has 0 bridgehead atoms. The van der Waals surface area contributed by atoms with Gasteiger partial charge in [-0.2, -0.15) is 0 Å². The zero-order valence-corrected chi connectivity index (χ0v) is 10.8. The molecular weight excluding hydrogens is 262 g/mol. The fourth-order valence-corrected chi connectivity index (χ4v) is 3.25. The monoisotopic (exact) mass is 269 g/mol. The van der Waals surface area contributed by atoms with E-state index < -0.39 is 0 Å². The van der Waals surface area contributed by atoms with Crippen molar-refractivity contribution in [2.75, 3.05) is 0 Å². The van der Waals surface area contributed by atoms with Crippen LogP contribution in [0.4, 0.5) is 0 Å². The maximum atomic E-state index is 10.6. The summed E-state index contributed by atoms with van der Waals surface area (Å²) in [5, 5.41) is 2.58. The number of hydrogen-bond donors (Lipinski definition) is 0. The number of hydrogen-bond acceptors (Lipinski definition) is 4. The molecular formula is C11H8ClNOS2. The first kappa shape index (κ1) is 11.6. The van der Waals surface area contributed by atoms with Crippen LogP contribution in [-0.4, -0.2) is 11.3 Å². The molecule has 1 aromatic carbocycles. The van der Waals surface area contributed by atoms with E-state index in [0.717, 1.165) is 21.2 Å². The van der Waals surface area contributed by atoms with Crippen LogP contribution in [0, 0.1) is 6.92 Å². The number of aldehydes is 1. The zero-order valence-electron chi connectivity index (χ0n) is 8.44. The lowest BCUT2D eigenvalue weighted by atomic mass is 10.2. The smallest absolute Gasteiger partial charge is 0.154 e. The van der Waals surface area contributed by atoms with E-state index in [2.05, 4.69) is 4.98 Å². The normalized spacial score (nSPS) is 10.4. The van der Waals surface area contributed by atoms with Gasteiger partial charge in [-0.05, 0) is 19.1 Å². The molecule has 2 aromatic rings. The van der Waals surface area contributed by atoms with Gasteiger partial charge in [-0.25, -0.2) is 4.98 Å². The Labute approximate surface area is 107 Å². The summed E-state index contributed by atoms with van der Waals surface area (Å²) >= 11 is 9.16. The number of benzene rings is 1. The highest BCUT2D eigenvalue weighted by Crippen LogP contribution is 2.35. The Morgan fingerprint density at radius 1 is 1.50 bits per heavy atom. The molecule has 82 valence electrons. The molecule has 0 spiro atoms. The van der Waals surface area contributed by atoms with Crippen LogP contribution in [0.2, 0.25) is 5.02 Å². The Morgan fingerprint density at radius 3 is 2.88 bits per heavy atom. The largest absolute Gasteiger partial charge is 0.298 e. The highest BCUT2D eigenvalue weighted by atomic mass is 35.5. The number of rotatable bonds is 3. The van der Waals surface area contributed by atoms with E-state index in [4.69, 9.17) is 11.6 Å². The lowest BCUT2D eigenvalue weighted by Gasteiger charge is -2.01. The summed E-state index contributed by atoms with van der Waals surface area (Å²) in [5.74, 6) is 0. The summed E-state index contributed by atoms with van der Waals surface area (Å²) in [6.45, 7) is 1.96. The van der Waals surface area contributed by atoms with Gasteiger partial charge in [0.2, 0.25) is 0 Å². The Hall–Kier alpha value is -0.840. The van der Waals surface area contributed by atoms with Crippen molar-refractivity contribution < 1.29 is 4.79 Å². The van der Waals surface area contributed by atoms with Crippen molar-refractivity contribution in [3.05, 3.63) is 39.9 Å². The molecule has 0 radical (unpaired) electrons. The highest BCUT2D eigenvalue weighted by Gasteiger charge is 2.06. The van der Waals surface area contributed by atoms with E-state index in [9.17, 15) is 4.79 Å². The van der Waals surface area contributed by atoms with Crippen LogP contribution in [0.1, 0.15) is 16.1 Å². The first-order valence-corrected chi connectivity index (χ1v) is 6.61. The van der Waals surface area contributed by atoms with E-state index in [1.165, 1.54) is 11.8 Å². The maximum absolute atomic E-state index is 10.6. The van der Waals surface area contributed by atoms with Crippen LogP contribution < -0.4 is 0 Å². The molecule has 1 aromatic heterocycles. The Balaban J connectivity index is 2.25. The summed E-state index contributed by atoms with van der Waals surface area (Å²) in [4.78, 5) is 15.8. The predicted molar refractivity (Wildman–Crippen MR) is 67.8 cm³/mol. The lowest BCUT2D eigenvalue weighted by Crippen LogP contribution is -1.81. The molecule has 1 heterocycles. The fraction of sp³-hybridized carbons (Fsp3) is 0.0909. The summed E-state index contributed by atoms with van der Waals surface area (Å²) < 4.78 is 0.957. The van der Waals surface area contributed by atoms with E-state index in [1.54, 1.807) is 23.5 Å². The van der Waals surface area contributed by atoms with Gasteiger partial charge in [0, 0.05) is 21.5 Å². The van der Waals surface area contributed by atoms with Gasteiger partial charge < -0.3 is 0 Å². The summed E-state index contributed by atoms with van der Waals surface area (Å²) in [7, 11) is 0. The fourth-order valence-electron chi connectivity index (χ4n) is 1.15. The molecule has 5 heteroatoms. The van der Waals surface area contributed by atoms with E-state index in [0.29, 0.717) is 10.6 Å². The number of thiazole rings is 1. The van der Waals surface area contributed by atoms with Crippen LogP contribution in [0.25, 0.3) is 0 Å². The molecule has 0 unspecified atom stereocenters. The number of aryl methyl sites for hydroxylation is 1. The Kier molecular flexibility index (Phi) is 3.63. The van der Waals surface area contributed by atoms with Crippen LogP contribution in [0.15, 0.2) is 32.8 Å². The SMILES string of the molecule is Cc1csc(Sc2ccc(C=O)cc2Cl)n1. The Bertz CT molecular complexity index is 524. The molecule has 0 amide bonds. The van der Waals surface area contributed by atoms with Crippen molar-refractivity contribution in [1.29, 1.82) is 0 Å². The maximum Gasteiger partial charge on any atom is 0.154 e. The zero-order chi connectivity index (χ0) is 11.5. The summed E-state index contributed by atoms with van der Waals surface area (Å²) in [6.07, 6.45) is 0.786. The van der Waals surface area contributed by atoms with Gasteiger partial charge in [-0.3, -0.25) is 4.79 Å². The molecule has 0 atom stereocenters. The van der Waals surface area contributed by atoms with Crippen molar-refractivity contribution in [1.82, 2.24) is 4.98 Å². The quantitative estimate of drug-likeness (QED) is 0.787. The van der Waals surface area contributed by atoms with E-state index in [1.807, 2.05) is 18.4 Å². The molecule has 0 saturated carbocycles. The van der Waals surface area contributed by atoms with Gasteiger partial charge >= 0.3 is 0 Å². The number of carbonyl (C=O) groups is 1. The number of aromatic nitrogens is 1. The minimum Gasteiger partial charge on any atom is -0.298 e. The van der Waals surface area contributed by atoms with Gasteiger partial charge in [-0.15, -0.1) is 11.3 Å². The third kappa shape index (κ3) is 2.64. The molecule has 0 aliphatic rings. The topological polar surface area (TPSA) is 30.0 Å².